The Morgan fingerprint density at radius 1 is 0.733 bits per heavy atom. The molecule has 5 aromatic rings. The van der Waals surface area contributed by atoms with Crippen molar-refractivity contribution >= 4 is 31.5 Å². The van der Waals surface area contributed by atoms with Gasteiger partial charge in [-0.3, -0.25) is 0 Å². The SMILES string of the molecule is CC(C)(C)c1nc(Cc2ccc3sc4ccccc4c3c2)nc(-c2ccccc2)n1. The molecule has 148 valence electrons. The van der Waals surface area contributed by atoms with Crippen molar-refractivity contribution in [2.45, 2.75) is 32.6 Å². The number of aromatic nitrogens is 3. The number of hydrogen-bond donors (Lipinski definition) is 0. The van der Waals surface area contributed by atoms with Gasteiger partial charge in [0.1, 0.15) is 11.6 Å². The number of fused-ring (bicyclic) bond motifs is 3. The Balaban J connectivity index is 1.59. The summed E-state index contributed by atoms with van der Waals surface area (Å²) in [5.41, 5.74) is 2.09. The van der Waals surface area contributed by atoms with Crippen LogP contribution in [0, 0.1) is 0 Å². The van der Waals surface area contributed by atoms with Crippen LogP contribution in [-0.4, -0.2) is 15.0 Å². The second-order valence-electron chi connectivity index (χ2n) is 8.62. The van der Waals surface area contributed by atoms with Crippen molar-refractivity contribution in [1.82, 2.24) is 15.0 Å². The van der Waals surface area contributed by atoms with Gasteiger partial charge in [-0.05, 0) is 23.8 Å². The summed E-state index contributed by atoms with van der Waals surface area (Å²) >= 11 is 1.84. The first-order chi connectivity index (χ1) is 14.5. The largest absolute Gasteiger partial charge is 0.217 e. The number of hydrogen-bond acceptors (Lipinski definition) is 4. The maximum absolute atomic E-state index is 4.84. The van der Waals surface area contributed by atoms with E-state index in [-0.39, 0.29) is 5.41 Å². The molecule has 0 aliphatic heterocycles. The average molecular weight is 410 g/mol. The third-order valence-electron chi connectivity index (χ3n) is 5.19. The smallest absolute Gasteiger partial charge is 0.163 e. The molecule has 0 aliphatic rings. The molecule has 0 bridgehead atoms. The van der Waals surface area contributed by atoms with Crippen LogP contribution < -0.4 is 0 Å². The molecular formula is C26H23N3S. The zero-order valence-corrected chi connectivity index (χ0v) is 18.2. The molecule has 5 rings (SSSR count). The molecule has 4 heteroatoms. The highest BCUT2D eigenvalue weighted by molar-refractivity contribution is 7.25. The maximum atomic E-state index is 4.84. The molecule has 0 saturated carbocycles. The molecule has 0 atom stereocenters. The van der Waals surface area contributed by atoms with Crippen molar-refractivity contribution < 1.29 is 0 Å². The molecular weight excluding hydrogens is 386 g/mol. The Labute approximate surface area is 180 Å². The van der Waals surface area contributed by atoms with E-state index < -0.39 is 0 Å². The summed E-state index contributed by atoms with van der Waals surface area (Å²) < 4.78 is 2.64. The standard InChI is InChI=1S/C26H23N3S/c1-26(2,3)25-28-23(27-24(29-25)18-9-5-4-6-10-18)16-17-13-14-22-20(15-17)19-11-7-8-12-21(19)30-22/h4-15H,16H2,1-3H3. The molecule has 3 aromatic carbocycles. The van der Waals surface area contributed by atoms with Gasteiger partial charge >= 0.3 is 0 Å². The normalized spacial score (nSPS) is 12.0. The highest BCUT2D eigenvalue weighted by Gasteiger charge is 2.20. The number of benzene rings is 3. The molecule has 0 amide bonds. The first kappa shape index (κ1) is 18.9. The lowest BCUT2D eigenvalue weighted by atomic mass is 9.95. The summed E-state index contributed by atoms with van der Waals surface area (Å²) in [6.07, 6.45) is 0.686. The van der Waals surface area contributed by atoms with Gasteiger partial charge in [0.2, 0.25) is 0 Å². The minimum absolute atomic E-state index is 0.144. The molecule has 0 radical (unpaired) electrons. The van der Waals surface area contributed by atoms with Crippen LogP contribution in [-0.2, 0) is 11.8 Å². The average Bonchev–Trinajstić information content (AvgIpc) is 3.12. The highest BCUT2D eigenvalue weighted by atomic mass is 32.1. The Morgan fingerprint density at radius 3 is 2.27 bits per heavy atom. The summed E-state index contributed by atoms with van der Waals surface area (Å²) in [5, 5.41) is 2.62. The first-order valence-electron chi connectivity index (χ1n) is 10.2. The highest BCUT2D eigenvalue weighted by Crippen LogP contribution is 2.34. The van der Waals surface area contributed by atoms with Gasteiger partial charge in [0.25, 0.3) is 0 Å². The van der Waals surface area contributed by atoms with E-state index in [0.29, 0.717) is 6.42 Å². The Kier molecular flexibility index (Phi) is 4.59. The van der Waals surface area contributed by atoms with Crippen LogP contribution in [0.25, 0.3) is 31.6 Å². The van der Waals surface area contributed by atoms with Crippen molar-refractivity contribution in [3.63, 3.8) is 0 Å². The van der Waals surface area contributed by atoms with Gasteiger partial charge in [-0.15, -0.1) is 11.3 Å². The van der Waals surface area contributed by atoms with E-state index in [0.717, 1.165) is 23.0 Å². The van der Waals surface area contributed by atoms with E-state index in [2.05, 4.69) is 75.4 Å². The second-order valence-corrected chi connectivity index (χ2v) is 9.70. The summed E-state index contributed by atoms with van der Waals surface area (Å²) in [4.78, 5) is 14.4. The molecule has 0 spiro atoms. The van der Waals surface area contributed by atoms with Gasteiger partial charge in [-0.2, -0.15) is 0 Å². The Morgan fingerprint density at radius 2 is 1.47 bits per heavy atom. The molecule has 0 saturated heterocycles. The Hall–Kier alpha value is -3.11. The van der Waals surface area contributed by atoms with Crippen molar-refractivity contribution in [2.24, 2.45) is 0 Å². The van der Waals surface area contributed by atoms with Crippen LogP contribution in [0.5, 0.6) is 0 Å². The van der Waals surface area contributed by atoms with Gasteiger partial charge in [0.15, 0.2) is 5.82 Å². The van der Waals surface area contributed by atoms with Crippen molar-refractivity contribution in [3.8, 4) is 11.4 Å². The van der Waals surface area contributed by atoms with E-state index in [1.807, 2.05) is 29.5 Å². The van der Waals surface area contributed by atoms with E-state index in [1.165, 1.54) is 25.7 Å². The van der Waals surface area contributed by atoms with Crippen LogP contribution in [0.4, 0.5) is 0 Å². The van der Waals surface area contributed by atoms with Crippen LogP contribution in [0.15, 0.2) is 72.8 Å². The van der Waals surface area contributed by atoms with E-state index in [4.69, 9.17) is 15.0 Å². The molecule has 30 heavy (non-hydrogen) atoms. The summed E-state index contributed by atoms with van der Waals surface area (Å²) in [6.45, 7) is 6.43. The minimum atomic E-state index is -0.144. The number of thiophene rings is 1. The quantitative estimate of drug-likeness (QED) is 0.329. The van der Waals surface area contributed by atoms with Crippen LogP contribution in [0.2, 0.25) is 0 Å². The van der Waals surface area contributed by atoms with Gasteiger partial charge < -0.3 is 0 Å². The topological polar surface area (TPSA) is 38.7 Å². The zero-order valence-electron chi connectivity index (χ0n) is 17.4. The fraction of sp³-hybridized carbons (Fsp3) is 0.192. The lowest BCUT2D eigenvalue weighted by molar-refractivity contribution is 0.538. The van der Waals surface area contributed by atoms with Gasteiger partial charge in [-0.25, -0.2) is 15.0 Å². The van der Waals surface area contributed by atoms with Crippen LogP contribution >= 0.6 is 11.3 Å². The first-order valence-corrected chi connectivity index (χ1v) is 11.0. The molecule has 0 unspecified atom stereocenters. The zero-order chi connectivity index (χ0) is 20.7. The maximum Gasteiger partial charge on any atom is 0.163 e. The van der Waals surface area contributed by atoms with Gasteiger partial charge in [0, 0.05) is 37.6 Å². The molecule has 0 N–H and O–H groups in total. The second kappa shape index (κ2) is 7.29. The lowest BCUT2D eigenvalue weighted by Crippen LogP contribution is -2.19. The summed E-state index contributed by atoms with van der Waals surface area (Å²) in [7, 11) is 0. The predicted octanol–water partition coefficient (Wildman–Crippen LogP) is 6.79. The number of rotatable bonds is 3. The molecule has 3 nitrogen and oxygen atoms in total. The Bertz CT molecular complexity index is 1350. The summed E-state index contributed by atoms with van der Waals surface area (Å²) in [6, 6.07) is 25.4. The molecule has 0 aliphatic carbocycles. The minimum Gasteiger partial charge on any atom is -0.217 e. The monoisotopic (exact) mass is 409 g/mol. The molecule has 0 fully saturated rings. The molecule has 2 aromatic heterocycles. The number of nitrogens with zero attached hydrogens (tertiary/aromatic N) is 3. The third kappa shape index (κ3) is 3.59. The lowest BCUT2D eigenvalue weighted by Gasteiger charge is -2.18. The fourth-order valence-electron chi connectivity index (χ4n) is 3.62. The summed E-state index contributed by atoms with van der Waals surface area (Å²) in [5.74, 6) is 2.38. The van der Waals surface area contributed by atoms with E-state index in [1.54, 1.807) is 0 Å². The fourth-order valence-corrected chi connectivity index (χ4v) is 4.70. The van der Waals surface area contributed by atoms with Gasteiger partial charge in [-0.1, -0.05) is 75.4 Å². The van der Waals surface area contributed by atoms with Gasteiger partial charge in [0.05, 0.1) is 0 Å². The predicted molar refractivity (Wildman–Crippen MR) is 126 cm³/mol. The van der Waals surface area contributed by atoms with E-state index in [9.17, 15) is 0 Å². The van der Waals surface area contributed by atoms with Crippen molar-refractivity contribution in [3.05, 3.63) is 90.0 Å². The van der Waals surface area contributed by atoms with E-state index >= 15 is 0 Å². The van der Waals surface area contributed by atoms with Crippen molar-refractivity contribution in [1.29, 1.82) is 0 Å². The van der Waals surface area contributed by atoms with Crippen LogP contribution in [0.1, 0.15) is 38.0 Å². The molecule has 2 heterocycles. The van der Waals surface area contributed by atoms with Crippen molar-refractivity contribution in [2.75, 3.05) is 0 Å². The van der Waals surface area contributed by atoms with Crippen LogP contribution in [0.3, 0.4) is 0 Å². The third-order valence-corrected chi connectivity index (χ3v) is 6.34.